The first kappa shape index (κ1) is 21.3. The molecule has 0 saturated heterocycles. The van der Waals surface area contributed by atoms with Crippen molar-refractivity contribution in [2.24, 2.45) is 10.9 Å². The number of halogens is 3. The number of rotatable bonds is 5. The number of unbranched alkanes of at least 4 members (excludes halogenated alkanes) is 2. The predicted octanol–water partition coefficient (Wildman–Crippen LogP) is 6.92. The van der Waals surface area contributed by atoms with Gasteiger partial charge in [0.25, 0.3) is 0 Å². The molecular formula is C24H22F3NS. The van der Waals surface area contributed by atoms with Crippen LogP contribution < -0.4 is 0 Å². The van der Waals surface area contributed by atoms with Gasteiger partial charge in [-0.3, -0.25) is 0 Å². The molecule has 0 radical (unpaired) electrons. The summed E-state index contributed by atoms with van der Waals surface area (Å²) in [5, 5.41) is 2.10. The molecule has 1 aliphatic rings. The fourth-order valence-corrected chi connectivity index (χ4v) is 3.92. The lowest BCUT2D eigenvalue weighted by atomic mass is 9.80. The van der Waals surface area contributed by atoms with E-state index in [2.05, 4.69) is 41.1 Å². The van der Waals surface area contributed by atoms with Crippen LogP contribution in [0.15, 0.2) is 29.3 Å². The van der Waals surface area contributed by atoms with E-state index < -0.39 is 17.5 Å². The molecule has 0 fully saturated rings. The summed E-state index contributed by atoms with van der Waals surface area (Å²) in [7, 11) is 0. The molecule has 0 aromatic heterocycles. The summed E-state index contributed by atoms with van der Waals surface area (Å²) < 4.78 is 43.4. The summed E-state index contributed by atoms with van der Waals surface area (Å²) in [6, 6.07) is 5.51. The molecular weight excluding hydrogens is 391 g/mol. The zero-order valence-corrected chi connectivity index (χ0v) is 17.1. The molecule has 2 aromatic carbocycles. The number of aliphatic imine (C=N–C) groups is 1. The van der Waals surface area contributed by atoms with Crippen LogP contribution in [0.25, 0.3) is 0 Å². The van der Waals surface area contributed by atoms with Crippen LogP contribution in [0.5, 0.6) is 0 Å². The van der Waals surface area contributed by atoms with E-state index in [1.54, 1.807) is 0 Å². The van der Waals surface area contributed by atoms with Gasteiger partial charge in [0, 0.05) is 5.56 Å². The van der Waals surface area contributed by atoms with Crippen LogP contribution in [0.1, 0.15) is 61.3 Å². The van der Waals surface area contributed by atoms with E-state index in [4.69, 9.17) is 0 Å². The standard InChI is InChI=1S/C24H22F3NS/c1-2-3-4-5-16-6-9-19-18(12-16)14-21(25)20(24(19)27)10-7-17-8-11-23(28-15-29)22(26)13-17/h8,11,13-14,16H,2-6,9,12H2,1H3. The molecule has 0 amide bonds. The van der Waals surface area contributed by atoms with E-state index >= 15 is 0 Å². The van der Waals surface area contributed by atoms with Crippen molar-refractivity contribution in [3.63, 3.8) is 0 Å². The Labute approximate surface area is 175 Å². The molecule has 150 valence electrons. The Hall–Kier alpha value is -2.41. The Morgan fingerprint density at radius 2 is 1.93 bits per heavy atom. The summed E-state index contributed by atoms with van der Waals surface area (Å²) in [5.74, 6) is 3.82. The van der Waals surface area contributed by atoms with Gasteiger partial charge in [0.2, 0.25) is 0 Å². The Bertz CT molecular complexity index is 1010. The second kappa shape index (κ2) is 9.87. The first-order valence-corrected chi connectivity index (χ1v) is 10.3. The van der Waals surface area contributed by atoms with Gasteiger partial charge in [-0.25, -0.2) is 13.2 Å². The third-order valence-electron chi connectivity index (χ3n) is 5.38. The molecule has 0 bridgehead atoms. The highest BCUT2D eigenvalue weighted by Gasteiger charge is 2.24. The van der Waals surface area contributed by atoms with Crippen molar-refractivity contribution in [1.29, 1.82) is 0 Å². The molecule has 1 unspecified atom stereocenters. The fraction of sp³-hybridized carbons (Fsp3) is 0.375. The minimum Gasteiger partial charge on any atom is -0.206 e. The van der Waals surface area contributed by atoms with Crippen LogP contribution in [0.3, 0.4) is 0 Å². The lowest BCUT2D eigenvalue weighted by Crippen LogP contribution is -2.17. The molecule has 0 heterocycles. The highest BCUT2D eigenvalue weighted by Crippen LogP contribution is 2.32. The van der Waals surface area contributed by atoms with E-state index in [9.17, 15) is 13.2 Å². The Morgan fingerprint density at radius 3 is 2.66 bits per heavy atom. The van der Waals surface area contributed by atoms with Crippen LogP contribution in [0, 0.1) is 35.2 Å². The number of nitrogens with zero attached hydrogens (tertiary/aromatic N) is 1. The molecule has 1 nitrogen and oxygen atoms in total. The maximum Gasteiger partial charge on any atom is 0.150 e. The van der Waals surface area contributed by atoms with Crippen LogP contribution in [-0.4, -0.2) is 5.16 Å². The summed E-state index contributed by atoms with van der Waals surface area (Å²) in [4.78, 5) is 3.59. The van der Waals surface area contributed by atoms with Crippen molar-refractivity contribution in [2.75, 3.05) is 0 Å². The lowest BCUT2D eigenvalue weighted by Gasteiger charge is -2.25. The third-order valence-corrected chi connectivity index (χ3v) is 5.48. The minimum absolute atomic E-state index is 0.0465. The smallest absolute Gasteiger partial charge is 0.150 e. The van der Waals surface area contributed by atoms with Gasteiger partial charge in [-0.15, -0.1) is 0 Å². The fourth-order valence-electron chi connectivity index (χ4n) is 3.83. The van der Waals surface area contributed by atoms with Gasteiger partial charge in [0.05, 0.1) is 10.7 Å². The molecule has 0 aliphatic heterocycles. The summed E-state index contributed by atoms with van der Waals surface area (Å²) in [6.07, 6.45) is 6.86. The van der Waals surface area contributed by atoms with E-state index in [0.29, 0.717) is 29.9 Å². The van der Waals surface area contributed by atoms with Crippen molar-refractivity contribution >= 4 is 23.1 Å². The third kappa shape index (κ3) is 5.15. The van der Waals surface area contributed by atoms with Crippen LogP contribution in [-0.2, 0) is 12.8 Å². The van der Waals surface area contributed by atoms with Crippen molar-refractivity contribution in [3.05, 3.63) is 64.0 Å². The quantitative estimate of drug-likeness (QED) is 0.224. The van der Waals surface area contributed by atoms with Gasteiger partial charge in [0.15, 0.2) is 5.82 Å². The van der Waals surface area contributed by atoms with E-state index in [1.165, 1.54) is 31.0 Å². The number of isothiocyanates is 1. The predicted molar refractivity (Wildman–Crippen MR) is 113 cm³/mol. The van der Waals surface area contributed by atoms with Gasteiger partial charge in [0.1, 0.15) is 17.3 Å². The van der Waals surface area contributed by atoms with Gasteiger partial charge in [-0.1, -0.05) is 44.4 Å². The summed E-state index contributed by atoms with van der Waals surface area (Å²) in [5.41, 5.74) is 1.42. The number of thiocarbonyl (C=S) groups is 1. The zero-order chi connectivity index (χ0) is 20.8. The number of hydrogen-bond acceptors (Lipinski definition) is 2. The van der Waals surface area contributed by atoms with E-state index in [1.807, 2.05) is 0 Å². The van der Waals surface area contributed by atoms with Crippen LogP contribution in [0.4, 0.5) is 18.9 Å². The highest BCUT2D eigenvalue weighted by atomic mass is 32.1. The first-order valence-electron chi connectivity index (χ1n) is 9.92. The molecule has 5 heteroatoms. The second-order valence-corrected chi connectivity index (χ2v) is 7.59. The monoisotopic (exact) mass is 413 g/mol. The maximum atomic E-state index is 14.9. The molecule has 2 aromatic rings. The number of hydrogen-bond donors (Lipinski definition) is 0. The molecule has 0 spiro atoms. The SMILES string of the molecule is CCCCCC1CCc2c(cc(F)c(C#Cc3ccc(N=C=S)c(F)c3)c2F)C1. The summed E-state index contributed by atoms with van der Waals surface area (Å²) in [6.45, 7) is 2.17. The van der Waals surface area contributed by atoms with Crippen molar-refractivity contribution < 1.29 is 13.2 Å². The maximum absolute atomic E-state index is 14.9. The first-order chi connectivity index (χ1) is 14.0. The van der Waals surface area contributed by atoms with E-state index in [-0.39, 0.29) is 11.3 Å². The number of fused-ring (bicyclic) bond motifs is 1. The topological polar surface area (TPSA) is 12.4 Å². The highest BCUT2D eigenvalue weighted by molar-refractivity contribution is 7.78. The van der Waals surface area contributed by atoms with Gasteiger partial charge >= 0.3 is 0 Å². The van der Waals surface area contributed by atoms with Gasteiger partial charge in [-0.2, -0.15) is 4.99 Å². The normalized spacial score (nSPS) is 15.1. The summed E-state index contributed by atoms with van der Waals surface area (Å²) >= 11 is 4.46. The molecule has 1 atom stereocenters. The Kier molecular flexibility index (Phi) is 7.25. The average molecular weight is 414 g/mol. The molecule has 29 heavy (non-hydrogen) atoms. The minimum atomic E-state index is -0.662. The number of benzene rings is 2. The molecule has 0 saturated carbocycles. The lowest BCUT2D eigenvalue weighted by molar-refractivity contribution is 0.399. The van der Waals surface area contributed by atoms with Gasteiger partial charge in [-0.05, 0) is 72.8 Å². The zero-order valence-electron chi connectivity index (χ0n) is 16.3. The second-order valence-electron chi connectivity index (χ2n) is 7.41. The Morgan fingerprint density at radius 1 is 1.10 bits per heavy atom. The van der Waals surface area contributed by atoms with Gasteiger partial charge < -0.3 is 0 Å². The molecule has 0 N–H and O–H groups in total. The van der Waals surface area contributed by atoms with Crippen molar-refractivity contribution in [1.82, 2.24) is 0 Å². The van der Waals surface area contributed by atoms with Crippen molar-refractivity contribution in [2.45, 2.75) is 51.9 Å². The van der Waals surface area contributed by atoms with E-state index in [0.717, 1.165) is 30.9 Å². The molecule has 3 rings (SSSR count). The largest absolute Gasteiger partial charge is 0.206 e. The average Bonchev–Trinajstić information content (AvgIpc) is 2.70. The van der Waals surface area contributed by atoms with Crippen LogP contribution in [0.2, 0.25) is 0 Å². The van der Waals surface area contributed by atoms with Crippen molar-refractivity contribution in [3.8, 4) is 11.8 Å². The molecule has 1 aliphatic carbocycles. The van der Waals surface area contributed by atoms with Crippen LogP contribution >= 0.6 is 12.2 Å². The Balaban J connectivity index is 1.84.